The van der Waals surface area contributed by atoms with E-state index in [1.54, 1.807) is 0 Å². The number of carbonyl (C=O) groups is 1. The molecule has 1 rings (SSSR count). The Balaban J connectivity index is 0.00000324. The number of hydrogen-bond donors (Lipinski definition) is 1. The van der Waals surface area contributed by atoms with Crippen molar-refractivity contribution in [3.63, 3.8) is 0 Å². The van der Waals surface area contributed by atoms with Crippen molar-refractivity contribution in [1.82, 2.24) is 0 Å². The summed E-state index contributed by atoms with van der Waals surface area (Å²) >= 11 is 3.07. The predicted octanol–water partition coefficient (Wildman–Crippen LogP) is 2.94. The molecule has 2 N–H and O–H groups in total. The second kappa shape index (κ2) is 6.97. The summed E-state index contributed by atoms with van der Waals surface area (Å²) in [6.45, 7) is 0. The normalized spacial score (nSPS) is 12.3. The molecule has 0 aromatic heterocycles. The van der Waals surface area contributed by atoms with Crippen molar-refractivity contribution in [2.24, 2.45) is 5.73 Å². The van der Waals surface area contributed by atoms with Gasteiger partial charge in [-0.3, -0.25) is 4.79 Å². The number of hydrogen-bond acceptors (Lipinski definition) is 4. The molecule has 0 aliphatic rings. The summed E-state index contributed by atoms with van der Waals surface area (Å²) in [6.07, 6.45) is -4.86. The second-order valence-corrected chi connectivity index (χ2v) is 4.15. The summed E-state index contributed by atoms with van der Waals surface area (Å²) in [6, 6.07) is 2.32. The first-order valence-corrected chi connectivity index (χ1v) is 5.42. The molecule has 108 valence electrons. The lowest BCUT2D eigenvalue weighted by molar-refractivity contribution is -0.275. The first-order valence-electron chi connectivity index (χ1n) is 4.63. The lowest BCUT2D eigenvalue weighted by atomic mass is 10.1. The molecule has 0 unspecified atom stereocenters. The number of ether oxygens (including phenoxy) is 2. The van der Waals surface area contributed by atoms with E-state index in [9.17, 15) is 18.0 Å². The third-order valence-electron chi connectivity index (χ3n) is 1.99. The first-order chi connectivity index (χ1) is 8.24. The molecule has 4 nitrogen and oxygen atoms in total. The van der Waals surface area contributed by atoms with Crippen molar-refractivity contribution in [3.8, 4) is 5.75 Å². The van der Waals surface area contributed by atoms with Gasteiger partial charge in [-0.1, -0.05) is 15.9 Å². The Morgan fingerprint density at radius 1 is 1.42 bits per heavy atom. The van der Waals surface area contributed by atoms with Crippen LogP contribution in [-0.2, 0) is 9.53 Å². The fraction of sp³-hybridized carbons (Fsp3) is 0.300. The van der Waals surface area contributed by atoms with Gasteiger partial charge in [0.25, 0.3) is 0 Å². The zero-order valence-corrected chi connectivity index (χ0v) is 11.9. The lowest BCUT2D eigenvalue weighted by Gasteiger charge is -2.16. The van der Waals surface area contributed by atoms with Crippen LogP contribution in [0.2, 0.25) is 0 Å². The number of methoxy groups -OCH3 is 1. The van der Waals surface area contributed by atoms with E-state index in [1.165, 1.54) is 12.1 Å². The Hall–Kier alpha value is -0.990. The van der Waals surface area contributed by atoms with Gasteiger partial charge in [0.2, 0.25) is 0 Å². The van der Waals surface area contributed by atoms with E-state index in [2.05, 4.69) is 25.4 Å². The van der Waals surface area contributed by atoms with E-state index < -0.39 is 24.1 Å². The van der Waals surface area contributed by atoms with Gasteiger partial charge in [0.15, 0.2) is 0 Å². The quantitative estimate of drug-likeness (QED) is 0.838. The molecule has 0 spiro atoms. The maximum absolute atomic E-state index is 12.2. The number of nitrogens with two attached hydrogens (primary N) is 1. The molecular weight excluding hydrogens is 354 g/mol. The minimum Gasteiger partial charge on any atom is -0.468 e. The molecule has 9 heteroatoms. The van der Waals surface area contributed by atoms with Crippen molar-refractivity contribution in [1.29, 1.82) is 0 Å². The largest absolute Gasteiger partial charge is 0.573 e. The van der Waals surface area contributed by atoms with Crippen LogP contribution in [-0.4, -0.2) is 19.4 Å². The molecule has 19 heavy (non-hydrogen) atoms. The predicted molar refractivity (Wildman–Crippen MR) is 67.0 cm³/mol. The van der Waals surface area contributed by atoms with Crippen LogP contribution in [0.3, 0.4) is 0 Å². The van der Waals surface area contributed by atoms with Gasteiger partial charge < -0.3 is 15.2 Å². The molecule has 0 bridgehead atoms. The standard InChI is InChI=1S/C10H9BrF3NO3.ClH/c1-17-9(16)8(15)6-4-5(11)2-3-7(6)18-10(12,13)14;/h2-4,8H,15H2,1H3;1H/t8-;/m1./s1. The van der Waals surface area contributed by atoms with E-state index in [0.717, 1.165) is 13.2 Å². The van der Waals surface area contributed by atoms with E-state index in [0.29, 0.717) is 4.47 Å². The van der Waals surface area contributed by atoms with Crippen LogP contribution in [0.4, 0.5) is 13.2 Å². The van der Waals surface area contributed by atoms with Crippen LogP contribution < -0.4 is 10.5 Å². The van der Waals surface area contributed by atoms with Crippen LogP contribution >= 0.6 is 28.3 Å². The maximum atomic E-state index is 12.2. The van der Waals surface area contributed by atoms with E-state index >= 15 is 0 Å². The van der Waals surface area contributed by atoms with Gasteiger partial charge in [0, 0.05) is 10.0 Å². The zero-order chi connectivity index (χ0) is 13.9. The topological polar surface area (TPSA) is 61.5 Å². The van der Waals surface area contributed by atoms with Crippen LogP contribution in [0.25, 0.3) is 0 Å². The molecular formula is C10H10BrClF3NO3. The average molecular weight is 365 g/mol. The van der Waals surface area contributed by atoms with Crippen molar-refractivity contribution < 1.29 is 27.4 Å². The first kappa shape index (κ1) is 18.0. The highest BCUT2D eigenvalue weighted by Gasteiger charge is 2.33. The summed E-state index contributed by atoms with van der Waals surface area (Å²) in [4.78, 5) is 11.2. The van der Waals surface area contributed by atoms with E-state index in [4.69, 9.17) is 5.73 Å². The van der Waals surface area contributed by atoms with Gasteiger partial charge in [-0.05, 0) is 18.2 Å². The van der Waals surface area contributed by atoms with Crippen LogP contribution in [0, 0.1) is 0 Å². The number of rotatable bonds is 3. The van der Waals surface area contributed by atoms with Crippen molar-refractivity contribution in [2.45, 2.75) is 12.4 Å². The SMILES string of the molecule is COC(=O)[C@H](N)c1cc(Br)ccc1OC(F)(F)F.Cl. The minimum atomic E-state index is -4.86. The van der Waals surface area contributed by atoms with Gasteiger partial charge in [-0.25, -0.2) is 0 Å². The Morgan fingerprint density at radius 3 is 2.47 bits per heavy atom. The van der Waals surface area contributed by atoms with Gasteiger partial charge in [0.05, 0.1) is 7.11 Å². The number of esters is 1. The molecule has 0 saturated carbocycles. The number of halogens is 5. The molecule has 0 amide bonds. The third kappa shape index (κ3) is 5.25. The summed E-state index contributed by atoms with van der Waals surface area (Å²) in [7, 11) is 1.09. The Labute approximate surface area is 121 Å². The van der Waals surface area contributed by atoms with Gasteiger partial charge in [-0.2, -0.15) is 0 Å². The summed E-state index contributed by atoms with van der Waals surface area (Å²) in [5.74, 6) is -1.40. The third-order valence-corrected chi connectivity index (χ3v) is 2.48. The Bertz CT molecular complexity index is 456. The molecule has 0 heterocycles. The summed E-state index contributed by atoms with van der Waals surface area (Å²) < 4.78 is 45.2. The second-order valence-electron chi connectivity index (χ2n) is 3.23. The highest BCUT2D eigenvalue weighted by molar-refractivity contribution is 9.10. The van der Waals surface area contributed by atoms with Gasteiger partial charge in [-0.15, -0.1) is 25.6 Å². The van der Waals surface area contributed by atoms with Gasteiger partial charge >= 0.3 is 12.3 Å². The zero-order valence-electron chi connectivity index (χ0n) is 9.53. The molecule has 1 aromatic rings. The number of alkyl halides is 3. The molecule has 1 aromatic carbocycles. The van der Waals surface area contributed by atoms with Crippen LogP contribution in [0.1, 0.15) is 11.6 Å². The highest BCUT2D eigenvalue weighted by Crippen LogP contribution is 2.32. The maximum Gasteiger partial charge on any atom is 0.573 e. The van der Waals surface area contributed by atoms with E-state index in [-0.39, 0.29) is 18.0 Å². The Kier molecular flexibility index (Phi) is 6.61. The molecule has 0 saturated heterocycles. The van der Waals surface area contributed by atoms with E-state index in [1.807, 2.05) is 0 Å². The molecule has 0 aliphatic carbocycles. The van der Waals surface area contributed by atoms with Crippen molar-refractivity contribution in [2.75, 3.05) is 7.11 Å². The van der Waals surface area contributed by atoms with Crippen molar-refractivity contribution in [3.05, 3.63) is 28.2 Å². The monoisotopic (exact) mass is 363 g/mol. The number of benzene rings is 1. The minimum absolute atomic E-state index is 0. The molecule has 1 atom stereocenters. The fourth-order valence-electron chi connectivity index (χ4n) is 1.23. The molecule has 0 fully saturated rings. The average Bonchev–Trinajstić information content (AvgIpc) is 2.27. The van der Waals surface area contributed by atoms with Crippen LogP contribution in [0.15, 0.2) is 22.7 Å². The summed E-state index contributed by atoms with van der Waals surface area (Å²) in [5, 5.41) is 0. The fourth-order valence-corrected chi connectivity index (χ4v) is 1.61. The molecule has 0 aliphatic heterocycles. The van der Waals surface area contributed by atoms with Gasteiger partial charge in [0.1, 0.15) is 11.8 Å². The highest BCUT2D eigenvalue weighted by atomic mass is 79.9. The Morgan fingerprint density at radius 2 is 2.00 bits per heavy atom. The van der Waals surface area contributed by atoms with Crippen molar-refractivity contribution >= 4 is 34.3 Å². The molecule has 0 radical (unpaired) electrons. The summed E-state index contributed by atoms with van der Waals surface area (Å²) in [5.41, 5.74) is 5.38. The smallest absolute Gasteiger partial charge is 0.468 e. The number of carbonyl (C=O) groups excluding carboxylic acids is 1. The lowest BCUT2D eigenvalue weighted by Crippen LogP contribution is -2.25. The van der Waals surface area contributed by atoms with Crippen LogP contribution in [0.5, 0.6) is 5.75 Å².